The maximum Gasteiger partial charge on any atom is 0.274 e. The molecular formula is C21H29N3O. The molecule has 1 aliphatic rings. The number of amides is 1. The maximum absolute atomic E-state index is 13.0. The van der Waals surface area contributed by atoms with Crippen molar-refractivity contribution in [1.82, 2.24) is 14.5 Å². The van der Waals surface area contributed by atoms with Crippen LogP contribution in [0.4, 0.5) is 0 Å². The van der Waals surface area contributed by atoms with Crippen molar-refractivity contribution < 1.29 is 4.79 Å². The molecule has 25 heavy (non-hydrogen) atoms. The summed E-state index contributed by atoms with van der Waals surface area (Å²) < 4.78 is 2.29. The highest BCUT2D eigenvalue weighted by Gasteiger charge is 2.25. The van der Waals surface area contributed by atoms with E-state index in [9.17, 15) is 4.79 Å². The number of unbranched alkanes of at least 4 members (excludes halogenated alkanes) is 1. The number of rotatable bonds is 5. The molecule has 0 radical (unpaired) electrons. The van der Waals surface area contributed by atoms with Crippen LogP contribution in [-0.2, 0) is 13.0 Å². The van der Waals surface area contributed by atoms with Crippen molar-refractivity contribution >= 4 is 5.91 Å². The van der Waals surface area contributed by atoms with Gasteiger partial charge in [-0.2, -0.15) is 0 Å². The van der Waals surface area contributed by atoms with Crippen LogP contribution in [0.25, 0.3) is 11.4 Å². The standard InChI is InChI=1S/C21H29N3O/c1-4-5-14-23(3)21(25)19-18-9-7-6-8-15-24(18)20(22-19)17-12-10-16(2)11-13-17/h10-13H,4-9,14-15H2,1-3H3. The molecule has 2 aromatic rings. The number of fused-ring (bicyclic) bond motifs is 1. The average Bonchev–Trinajstić information content (AvgIpc) is 2.81. The van der Waals surface area contributed by atoms with Crippen LogP contribution in [-0.4, -0.2) is 34.0 Å². The summed E-state index contributed by atoms with van der Waals surface area (Å²) in [5.41, 5.74) is 4.13. The second-order valence-electron chi connectivity index (χ2n) is 7.14. The van der Waals surface area contributed by atoms with Gasteiger partial charge < -0.3 is 9.47 Å². The number of aromatic nitrogens is 2. The lowest BCUT2D eigenvalue weighted by atomic mass is 10.1. The lowest BCUT2D eigenvalue weighted by molar-refractivity contribution is 0.0786. The molecular weight excluding hydrogens is 310 g/mol. The van der Waals surface area contributed by atoms with Crippen LogP contribution in [0.1, 0.15) is 60.8 Å². The van der Waals surface area contributed by atoms with Crippen LogP contribution < -0.4 is 0 Å². The van der Waals surface area contributed by atoms with Crippen molar-refractivity contribution in [1.29, 1.82) is 0 Å². The smallest absolute Gasteiger partial charge is 0.274 e. The van der Waals surface area contributed by atoms with Crippen molar-refractivity contribution in [3.63, 3.8) is 0 Å². The third kappa shape index (κ3) is 3.78. The van der Waals surface area contributed by atoms with E-state index < -0.39 is 0 Å². The summed E-state index contributed by atoms with van der Waals surface area (Å²) in [6.07, 6.45) is 6.58. The Hall–Kier alpha value is -2.10. The molecule has 0 bridgehead atoms. The first-order valence-electron chi connectivity index (χ1n) is 9.53. The highest BCUT2D eigenvalue weighted by molar-refractivity contribution is 5.94. The van der Waals surface area contributed by atoms with Gasteiger partial charge in [-0.05, 0) is 32.6 Å². The molecule has 4 heteroatoms. The van der Waals surface area contributed by atoms with Crippen molar-refractivity contribution in [2.24, 2.45) is 0 Å². The fraction of sp³-hybridized carbons (Fsp3) is 0.524. The zero-order valence-electron chi connectivity index (χ0n) is 15.7. The summed E-state index contributed by atoms with van der Waals surface area (Å²) in [6.45, 7) is 5.99. The molecule has 1 amide bonds. The molecule has 0 spiro atoms. The minimum absolute atomic E-state index is 0.0671. The summed E-state index contributed by atoms with van der Waals surface area (Å²) in [7, 11) is 1.89. The number of benzene rings is 1. The van der Waals surface area contributed by atoms with E-state index in [0.29, 0.717) is 5.69 Å². The Morgan fingerprint density at radius 2 is 1.96 bits per heavy atom. The number of nitrogens with zero attached hydrogens (tertiary/aromatic N) is 3. The Kier molecular flexibility index (Phi) is 5.57. The molecule has 0 fully saturated rings. The molecule has 2 heterocycles. The molecule has 3 rings (SSSR count). The monoisotopic (exact) mass is 339 g/mol. The minimum atomic E-state index is 0.0671. The summed E-state index contributed by atoms with van der Waals surface area (Å²) in [6, 6.07) is 8.46. The highest BCUT2D eigenvalue weighted by Crippen LogP contribution is 2.28. The van der Waals surface area contributed by atoms with Crippen molar-refractivity contribution in [2.75, 3.05) is 13.6 Å². The van der Waals surface area contributed by atoms with Gasteiger partial charge in [0.2, 0.25) is 0 Å². The molecule has 0 saturated carbocycles. The van der Waals surface area contributed by atoms with Crippen LogP contribution in [0.15, 0.2) is 24.3 Å². The molecule has 0 saturated heterocycles. The number of aryl methyl sites for hydroxylation is 1. The third-order valence-electron chi connectivity index (χ3n) is 5.07. The van der Waals surface area contributed by atoms with Gasteiger partial charge in [-0.25, -0.2) is 4.98 Å². The topological polar surface area (TPSA) is 38.1 Å². The lowest BCUT2D eigenvalue weighted by Crippen LogP contribution is -2.29. The second kappa shape index (κ2) is 7.85. The summed E-state index contributed by atoms with van der Waals surface area (Å²) >= 11 is 0. The van der Waals surface area contributed by atoms with E-state index in [1.807, 2.05) is 11.9 Å². The lowest BCUT2D eigenvalue weighted by Gasteiger charge is -2.16. The maximum atomic E-state index is 13.0. The van der Waals surface area contributed by atoms with Gasteiger partial charge in [0, 0.05) is 25.7 Å². The molecule has 1 aromatic heterocycles. The van der Waals surface area contributed by atoms with E-state index in [1.54, 1.807) is 0 Å². The van der Waals surface area contributed by atoms with Crippen LogP contribution in [0.3, 0.4) is 0 Å². The first-order chi connectivity index (χ1) is 12.1. The Morgan fingerprint density at radius 3 is 2.68 bits per heavy atom. The minimum Gasteiger partial charge on any atom is -0.340 e. The first-order valence-corrected chi connectivity index (χ1v) is 9.53. The highest BCUT2D eigenvalue weighted by atomic mass is 16.2. The van der Waals surface area contributed by atoms with Crippen LogP contribution in [0.2, 0.25) is 0 Å². The van der Waals surface area contributed by atoms with E-state index >= 15 is 0 Å². The summed E-state index contributed by atoms with van der Waals surface area (Å²) in [4.78, 5) is 19.6. The summed E-state index contributed by atoms with van der Waals surface area (Å²) in [5, 5.41) is 0. The zero-order valence-corrected chi connectivity index (χ0v) is 15.7. The molecule has 1 aliphatic heterocycles. The van der Waals surface area contributed by atoms with Gasteiger partial charge in [-0.3, -0.25) is 4.79 Å². The van der Waals surface area contributed by atoms with Gasteiger partial charge in [0.15, 0.2) is 0 Å². The Bertz CT molecular complexity index is 730. The Labute approximate surface area is 150 Å². The van der Waals surface area contributed by atoms with E-state index in [4.69, 9.17) is 4.98 Å². The van der Waals surface area contributed by atoms with Crippen molar-refractivity contribution in [3.8, 4) is 11.4 Å². The van der Waals surface area contributed by atoms with Gasteiger partial charge in [0.1, 0.15) is 11.5 Å². The largest absolute Gasteiger partial charge is 0.340 e. The SMILES string of the molecule is CCCCN(C)C(=O)c1nc(-c2ccc(C)cc2)n2c1CCCCC2. The van der Waals surface area contributed by atoms with Gasteiger partial charge in [0.25, 0.3) is 5.91 Å². The number of imidazole rings is 1. The van der Waals surface area contributed by atoms with E-state index in [-0.39, 0.29) is 5.91 Å². The molecule has 0 atom stereocenters. The molecule has 1 aromatic carbocycles. The third-order valence-corrected chi connectivity index (χ3v) is 5.07. The van der Waals surface area contributed by atoms with Crippen LogP contribution in [0.5, 0.6) is 0 Å². The molecule has 0 unspecified atom stereocenters. The Balaban J connectivity index is 2.01. The number of hydrogen-bond acceptors (Lipinski definition) is 2. The van der Waals surface area contributed by atoms with Gasteiger partial charge in [-0.1, -0.05) is 49.6 Å². The van der Waals surface area contributed by atoms with Crippen LogP contribution in [0, 0.1) is 6.92 Å². The normalized spacial score (nSPS) is 14.0. The van der Waals surface area contributed by atoms with Gasteiger partial charge >= 0.3 is 0 Å². The van der Waals surface area contributed by atoms with Crippen molar-refractivity contribution in [2.45, 2.75) is 58.9 Å². The number of carbonyl (C=O) groups excluding carboxylic acids is 1. The van der Waals surface area contributed by atoms with Crippen molar-refractivity contribution in [3.05, 3.63) is 41.2 Å². The fourth-order valence-corrected chi connectivity index (χ4v) is 3.49. The molecule has 0 aliphatic carbocycles. The predicted octanol–water partition coefficient (Wildman–Crippen LogP) is 4.46. The van der Waals surface area contributed by atoms with Gasteiger partial charge in [-0.15, -0.1) is 0 Å². The van der Waals surface area contributed by atoms with E-state index in [2.05, 4.69) is 42.7 Å². The fourth-order valence-electron chi connectivity index (χ4n) is 3.49. The van der Waals surface area contributed by atoms with E-state index in [1.165, 1.54) is 12.0 Å². The van der Waals surface area contributed by atoms with Crippen LogP contribution >= 0.6 is 0 Å². The number of carbonyl (C=O) groups is 1. The average molecular weight is 339 g/mol. The summed E-state index contributed by atoms with van der Waals surface area (Å²) in [5.74, 6) is 1.02. The molecule has 134 valence electrons. The van der Waals surface area contributed by atoms with Gasteiger partial charge in [0.05, 0.1) is 5.69 Å². The van der Waals surface area contributed by atoms with E-state index in [0.717, 1.165) is 62.3 Å². The predicted molar refractivity (Wildman–Crippen MR) is 102 cm³/mol. The quantitative estimate of drug-likeness (QED) is 0.807. The molecule has 4 nitrogen and oxygen atoms in total. The second-order valence-corrected chi connectivity index (χ2v) is 7.14. The first kappa shape index (κ1) is 17.7. The number of hydrogen-bond donors (Lipinski definition) is 0. The molecule has 0 N–H and O–H groups in total. The zero-order chi connectivity index (χ0) is 17.8. The Morgan fingerprint density at radius 1 is 1.20 bits per heavy atom.